The van der Waals surface area contributed by atoms with Crippen LogP contribution in [-0.4, -0.2) is 19.4 Å². The van der Waals surface area contributed by atoms with E-state index in [1.165, 1.54) is 6.42 Å². The van der Waals surface area contributed by atoms with Gasteiger partial charge in [-0.05, 0) is 30.5 Å². The molecule has 0 aromatic heterocycles. The lowest BCUT2D eigenvalue weighted by Gasteiger charge is -2.20. The van der Waals surface area contributed by atoms with Gasteiger partial charge in [-0.1, -0.05) is 18.5 Å². The zero-order valence-corrected chi connectivity index (χ0v) is 9.50. The second kappa shape index (κ2) is 4.23. The van der Waals surface area contributed by atoms with Crippen LogP contribution >= 0.6 is 11.6 Å². The van der Waals surface area contributed by atoms with Crippen molar-refractivity contribution in [2.75, 3.05) is 18.0 Å². The first-order chi connectivity index (χ1) is 7.20. The van der Waals surface area contributed by atoms with Crippen LogP contribution in [0, 0.1) is 5.92 Å². The average Bonchev–Trinajstić information content (AvgIpc) is 2.64. The molecule has 1 aliphatic rings. The molecule has 0 bridgehead atoms. The van der Waals surface area contributed by atoms with Crippen molar-refractivity contribution in [1.29, 1.82) is 0 Å². The molecule has 1 aromatic carbocycles. The lowest BCUT2D eigenvalue weighted by molar-refractivity contribution is 0.112. The molecule has 80 valence electrons. The third-order valence-corrected chi connectivity index (χ3v) is 3.12. The Morgan fingerprint density at radius 1 is 1.53 bits per heavy atom. The van der Waals surface area contributed by atoms with Crippen LogP contribution in [0.3, 0.4) is 0 Å². The van der Waals surface area contributed by atoms with E-state index < -0.39 is 0 Å². The summed E-state index contributed by atoms with van der Waals surface area (Å²) in [6.45, 7) is 4.29. The van der Waals surface area contributed by atoms with Gasteiger partial charge in [-0.25, -0.2) is 0 Å². The summed E-state index contributed by atoms with van der Waals surface area (Å²) < 4.78 is 0. The number of hydrogen-bond donors (Lipinski definition) is 0. The van der Waals surface area contributed by atoms with Crippen LogP contribution < -0.4 is 4.90 Å². The Kier molecular flexibility index (Phi) is 2.96. The predicted octanol–water partition coefficient (Wildman–Crippen LogP) is 3.00. The third kappa shape index (κ3) is 2.15. The number of halogens is 1. The van der Waals surface area contributed by atoms with E-state index in [0.717, 1.165) is 25.1 Å². The van der Waals surface area contributed by atoms with Crippen LogP contribution in [0.2, 0.25) is 5.02 Å². The van der Waals surface area contributed by atoms with E-state index in [1.807, 2.05) is 12.1 Å². The first kappa shape index (κ1) is 10.5. The molecular formula is C12H14ClNO. The predicted molar refractivity (Wildman–Crippen MR) is 62.8 cm³/mol. The first-order valence-corrected chi connectivity index (χ1v) is 5.58. The van der Waals surface area contributed by atoms with E-state index in [1.54, 1.807) is 6.07 Å². The fourth-order valence-corrected chi connectivity index (χ4v) is 2.24. The zero-order valence-electron chi connectivity index (χ0n) is 8.74. The highest BCUT2D eigenvalue weighted by molar-refractivity contribution is 6.31. The summed E-state index contributed by atoms with van der Waals surface area (Å²) in [5.74, 6) is 0.709. The van der Waals surface area contributed by atoms with Gasteiger partial charge < -0.3 is 4.90 Å². The summed E-state index contributed by atoms with van der Waals surface area (Å²) in [7, 11) is 0. The van der Waals surface area contributed by atoms with Gasteiger partial charge in [0.2, 0.25) is 0 Å². The molecule has 0 spiro atoms. The Morgan fingerprint density at radius 3 is 2.93 bits per heavy atom. The van der Waals surface area contributed by atoms with Crippen molar-refractivity contribution >= 4 is 23.6 Å². The molecule has 1 fully saturated rings. The maximum absolute atomic E-state index is 10.9. The zero-order chi connectivity index (χ0) is 10.8. The van der Waals surface area contributed by atoms with Gasteiger partial charge >= 0.3 is 0 Å². The molecule has 0 aliphatic carbocycles. The number of benzene rings is 1. The van der Waals surface area contributed by atoms with E-state index in [0.29, 0.717) is 16.5 Å². The minimum Gasteiger partial charge on any atom is -0.371 e. The number of aldehydes is 1. The molecule has 1 aliphatic heterocycles. The van der Waals surface area contributed by atoms with E-state index >= 15 is 0 Å². The number of anilines is 1. The van der Waals surface area contributed by atoms with Crippen LogP contribution in [0.4, 0.5) is 5.69 Å². The second-order valence-electron chi connectivity index (χ2n) is 4.16. The molecule has 0 saturated carbocycles. The first-order valence-electron chi connectivity index (χ1n) is 5.20. The van der Waals surface area contributed by atoms with Crippen LogP contribution in [0.1, 0.15) is 23.7 Å². The summed E-state index contributed by atoms with van der Waals surface area (Å²) in [6.07, 6.45) is 2.07. The standard InChI is InChI=1S/C12H14ClNO/c1-9-4-5-14(7-9)12-3-2-11(13)6-10(12)8-15/h2-3,6,8-9H,4-5,7H2,1H3. The summed E-state index contributed by atoms with van der Waals surface area (Å²) in [4.78, 5) is 13.2. The lowest BCUT2D eigenvalue weighted by atomic mass is 10.1. The lowest BCUT2D eigenvalue weighted by Crippen LogP contribution is -2.20. The van der Waals surface area contributed by atoms with E-state index in [2.05, 4.69) is 11.8 Å². The number of hydrogen-bond acceptors (Lipinski definition) is 2. The van der Waals surface area contributed by atoms with Crippen LogP contribution in [0.25, 0.3) is 0 Å². The Morgan fingerprint density at radius 2 is 2.33 bits per heavy atom. The molecule has 1 heterocycles. The smallest absolute Gasteiger partial charge is 0.152 e. The summed E-state index contributed by atoms with van der Waals surface area (Å²) in [5, 5.41) is 0.619. The van der Waals surface area contributed by atoms with E-state index in [9.17, 15) is 4.79 Å². The topological polar surface area (TPSA) is 20.3 Å². The summed E-state index contributed by atoms with van der Waals surface area (Å²) in [6, 6.07) is 5.50. The van der Waals surface area contributed by atoms with Gasteiger partial charge in [-0.3, -0.25) is 4.79 Å². The molecule has 2 nitrogen and oxygen atoms in total. The van der Waals surface area contributed by atoms with Crippen LogP contribution in [-0.2, 0) is 0 Å². The van der Waals surface area contributed by atoms with Crippen molar-refractivity contribution in [2.45, 2.75) is 13.3 Å². The summed E-state index contributed by atoms with van der Waals surface area (Å²) >= 11 is 5.85. The average molecular weight is 224 g/mol. The van der Waals surface area contributed by atoms with E-state index in [4.69, 9.17) is 11.6 Å². The number of carbonyl (C=O) groups excluding carboxylic acids is 1. The van der Waals surface area contributed by atoms with Crippen LogP contribution in [0.15, 0.2) is 18.2 Å². The quantitative estimate of drug-likeness (QED) is 0.719. The SMILES string of the molecule is CC1CCN(c2ccc(Cl)cc2C=O)C1. The molecule has 1 aromatic rings. The monoisotopic (exact) mass is 223 g/mol. The molecule has 0 radical (unpaired) electrons. The summed E-state index contributed by atoms with van der Waals surface area (Å²) in [5.41, 5.74) is 1.70. The second-order valence-corrected chi connectivity index (χ2v) is 4.60. The minimum absolute atomic E-state index is 0.619. The van der Waals surface area contributed by atoms with Gasteiger partial charge in [0.25, 0.3) is 0 Å². The molecule has 0 amide bonds. The highest BCUT2D eigenvalue weighted by Gasteiger charge is 2.20. The molecule has 1 atom stereocenters. The number of nitrogens with zero attached hydrogens (tertiary/aromatic N) is 1. The normalized spacial score (nSPS) is 20.7. The minimum atomic E-state index is 0.619. The van der Waals surface area contributed by atoms with Crippen molar-refractivity contribution in [3.63, 3.8) is 0 Å². The maximum atomic E-state index is 10.9. The molecule has 1 saturated heterocycles. The van der Waals surface area contributed by atoms with Crippen molar-refractivity contribution in [3.8, 4) is 0 Å². The molecule has 1 unspecified atom stereocenters. The molecule has 2 rings (SSSR count). The fraction of sp³-hybridized carbons (Fsp3) is 0.417. The van der Waals surface area contributed by atoms with Crippen LogP contribution in [0.5, 0.6) is 0 Å². The van der Waals surface area contributed by atoms with Gasteiger partial charge in [0.1, 0.15) is 0 Å². The number of carbonyl (C=O) groups is 1. The van der Waals surface area contributed by atoms with Crippen molar-refractivity contribution in [2.24, 2.45) is 5.92 Å². The largest absolute Gasteiger partial charge is 0.371 e. The Balaban J connectivity index is 2.31. The van der Waals surface area contributed by atoms with Gasteiger partial charge in [0.05, 0.1) is 0 Å². The van der Waals surface area contributed by atoms with Crippen molar-refractivity contribution < 1.29 is 4.79 Å². The Bertz CT molecular complexity index is 378. The van der Waals surface area contributed by atoms with Crippen molar-refractivity contribution in [3.05, 3.63) is 28.8 Å². The molecular weight excluding hydrogens is 210 g/mol. The van der Waals surface area contributed by atoms with Crippen molar-refractivity contribution in [1.82, 2.24) is 0 Å². The van der Waals surface area contributed by atoms with Gasteiger partial charge in [0.15, 0.2) is 6.29 Å². The highest BCUT2D eigenvalue weighted by Crippen LogP contribution is 2.27. The number of rotatable bonds is 2. The maximum Gasteiger partial charge on any atom is 0.152 e. The Labute approximate surface area is 94.8 Å². The molecule has 3 heteroatoms. The Hall–Kier alpha value is -1.02. The van der Waals surface area contributed by atoms with Gasteiger partial charge in [-0.15, -0.1) is 0 Å². The molecule has 0 N–H and O–H groups in total. The van der Waals surface area contributed by atoms with E-state index in [-0.39, 0.29) is 0 Å². The third-order valence-electron chi connectivity index (χ3n) is 2.88. The fourth-order valence-electron chi connectivity index (χ4n) is 2.06. The highest BCUT2D eigenvalue weighted by atomic mass is 35.5. The molecule has 15 heavy (non-hydrogen) atoms. The van der Waals surface area contributed by atoms with Gasteiger partial charge in [-0.2, -0.15) is 0 Å². The van der Waals surface area contributed by atoms with Gasteiger partial charge in [0, 0.05) is 29.4 Å².